The van der Waals surface area contributed by atoms with Gasteiger partial charge in [-0.15, -0.1) is 11.3 Å². The topological polar surface area (TPSA) is 86.6 Å². The molecule has 0 saturated heterocycles. The summed E-state index contributed by atoms with van der Waals surface area (Å²) in [6.07, 6.45) is 2.38. The van der Waals surface area contributed by atoms with E-state index in [1.807, 2.05) is 6.92 Å². The molecule has 0 unspecified atom stereocenters. The molecular formula is C7H10N4S. The summed E-state index contributed by atoms with van der Waals surface area (Å²) in [6.45, 7) is 1.89. The Morgan fingerprint density at radius 1 is 1.50 bits per heavy atom. The number of hydrogen-bond acceptors (Lipinski definition) is 5. The number of hydrogen-bond donors (Lipinski definition) is 3. The normalized spacial score (nSPS) is 12.4. The van der Waals surface area contributed by atoms with E-state index in [2.05, 4.69) is 4.98 Å². The highest BCUT2D eigenvalue weighted by atomic mass is 32.1. The smallest absolute Gasteiger partial charge is 0.180 e. The Labute approximate surface area is 74.5 Å². The minimum Gasteiger partial charge on any atom is -0.375 e. The Balaban J connectivity index is 3.07. The second-order valence-corrected chi connectivity index (χ2v) is 3.59. The van der Waals surface area contributed by atoms with Crippen molar-refractivity contribution in [2.45, 2.75) is 12.8 Å². The first-order valence-corrected chi connectivity index (χ1v) is 4.24. The first-order chi connectivity index (χ1) is 5.69. The van der Waals surface area contributed by atoms with Gasteiger partial charge in [0.05, 0.1) is 11.6 Å². The molecule has 1 heterocycles. The molecule has 4 nitrogen and oxygen atoms in total. The van der Waals surface area contributed by atoms with Gasteiger partial charge in [0.25, 0.3) is 0 Å². The van der Waals surface area contributed by atoms with Crippen LogP contribution in [-0.4, -0.2) is 17.4 Å². The van der Waals surface area contributed by atoms with Crippen molar-refractivity contribution in [3.63, 3.8) is 0 Å². The predicted molar refractivity (Wildman–Crippen MR) is 51.6 cm³/mol. The highest BCUT2D eigenvalue weighted by Gasteiger charge is 2.12. The van der Waals surface area contributed by atoms with E-state index in [9.17, 15) is 0 Å². The molecule has 1 aromatic rings. The van der Waals surface area contributed by atoms with Crippen molar-refractivity contribution < 1.29 is 0 Å². The predicted octanol–water partition coefficient (Wildman–Crippen LogP) is 1.42. The minimum atomic E-state index is -0.321. The molecule has 1 rings (SSSR count). The third-order valence-corrected chi connectivity index (χ3v) is 2.34. The molecule has 0 aliphatic carbocycles. The first-order valence-electron chi connectivity index (χ1n) is 3.43. The van der Waals surface area contributed by atoms with Gasteiger partial charge in [-0.05, 0) is 6.92 Å². The molecule has 0 saturated carbocycles. The van der Waals surface area contributed by atoms with Gasteiger partial charge in [0, 0.05) is 17.3 Å². The Kier molecular flexibility index (Phi) is 2.54. The monoisotopic (exact) mass is 182 g/mol. The molecule has 0 bridgehead atoms. The van der Waals surface area contributed by atoms with Crippen molar-refractivity contribution in [2.24, 2.45) is 0 Å². The molecule has 12 heavy (non-hydrogen) atoms. The van der Waals surface area contributed by atoms with Crippen LogP contribution in [0.3, 0.4) is 0 Å². The average Bonchev–Trinajstić information content (AvgIpc) is 2.34. The second-order valence-electron chi connectivity index (χ2n) is 2.35. The summed E-state index contributed by atoms with van der Waals surface area (Å²) in [6, 6.07) is 0. The van der Waals surface area contributed by atoms with E-state index in [1.54, 1.807) is 0 Å². The summed E-state index contributed by atoms with van der Waals surface area (Å²) in [7, 11) is 0. The zero-order chi connectivity index (χ0) is 9.14. The molecule has 0 amide bonds. The van der Waals surface area contributed by atoms with Gasteiger partial charge in [0.15, 0.2) is 5.13 Å². The fourth-order valence-electron chi connectivity index (χ4n) is 0.945. The standard InChI is InChI=1S/C7H10N4S/c1-4-6(5(2-8)3-9)11-7(10)12-4/h2-3,5,8-9H,1H3,(H2,10,11). The summed E-state index contributed by atoms with van der Waals surface area (Å²) in [4.78, 5) is 5.02. The summed E-state index contributed by atoms with van der Waals surface area (Å²) >= 11 is 1.39. The van der Waals surface area contributed by atoms with Crippen LogP contribution in [0.5, 0.6) is 0 Å². The number of thiazole rings is 1. The van der Waals surface area contributed by atoms with Crippen molar-refractivity contribution in [2.75, 3.05) is 5.73 Å². The molecule has 64 valence electrons. The number of anilines is 1. The lowest BCUT2D eigenvalue weighted by Crippen LogP contribution is -2.02. The van der Waals surface area contributed by atoms with Crippen LogP contribution in [0.15, 0.2) is 0 Å². The lowest BCUT2D eigenvalue weighted by molar-refractivity contribution is 1.10. The van der Waals surface area contributed by atoms with E-state index >= 15 is 0 Å². The summed E-state index contributed by atoms with van der Waals surface area (Å²) in [5.41, 5.74) is 6.21. The zero-order valence-electron chi connectivity index (χ0n) is 6.66. The molecule has 0 spiro atoms. The van der Waals surface area contributed by atoms with Crippen molar-refractivity contribution in [1.82, 2.24) is 4.98 Å². The van der Waals surface area contributed by atoms with Crippen LogP contribution >= 0.6 is 11.3 Å². The summed E-state index contributed by atoms with van der Waals surface area (Å²) < 4.78 is 0. The molecule has 0 aliphatic heterocycles. The van der Waals surface area contributed by atoms with E-state index in [1.165, 1.54) is 23.8 Å². The molecule has 0 radical (unpaired) electrons. The molecule has 0 fully saturated rings. The van der Waals surface area contributed by atoms with Crippen LogP contribution in [0, 0.1) is 17.7 Å². The van der Waals surface area contributed by atoms with Crippen molar-refractivity contribution in [1.29, 1.82) is 10.8 Å². The van der Waals surface area contributed by atoms with Gasteiger partial charge in [-0.2, -0.15) is 0 Å². The van der Waals surface area contributed by atoms with Gasteiger partial charge in [-0.1, -0.05) is 0 Å². The molecular weight excluding hydrogens is 172 g/mol. The molecule has 5 heteroatoms. The molecule has 4 N–H and O–H groups in total. The van der Waals surface area contributed by atoms with E-state index in [0.29, 0.717) is 5.13 Å². The number of nitrogens with one attached hydrogen (secondary N) is 2. The van der Waals surface area contributed by atoms with Crippen LogP contribution in [0.1, 0.15) is 16.5 Å². The third kappa shape index (κ3) is 1.50. The lowest BCUT2D eigenvalue weighted by atomic mass is 10.1. The number of aromatic nitrogens is 1. The lowest BCUT2D eigenvalue weighted by Gasteiger charge is -2.00. The van der Waals surface area contributed by atoms with Crippen molar-refractivity contribution >= 4 is 28.9 Å². The maximum atomic E-state index is 7.05. The molecule has 0 aromatic carbocycles. The Morgan fingerprint density at radius 3 is 2.42 bits per heavy atom. The zero-order valence-corrected chi connectivity index (χ0v) is 7.48. The number of aryl methyl sites for hydroxylation is 1. The van der Waals surface area contributed by atoms with Gasteiger partial charge >= 0.3 is 0 Å². The fourth-order valence-corrected chi connectivity index (χ4v) is 1.69. The maximum absolute atomic E-state index is 7.05. The van der Waals surface area contributed by atoms with E-state index < -0.39 is 0 Å². The maximum Gasteiger partial charge on any atom is 0.180 e. The van der Waals surface area contributed by atoms with Crippen molar-refractivity contribution in [3.8, 4) is 0 Å². The minimum absolute atomic E-state index is 0.321. The Morgan fingerprint density at radius 2 is 2.08 bits per heavy atom. The fraction of sp³-hybridized carbons (Fsp3) is 0.286. The Hall–Kier alpha value is -1.23. The van der Waals surface area contributed by atoms with E-state index in [0.717, 1.165) is 10.6 Å². The van der Waals surface area contributed by atoms with Gasteiger partial charge in [0.2, 0.25) is 0 Å². The van der Waals surface area contributed by atoms with Gasteiger partial charge in [-0.25, -0.2) is 4.98 Å². The number of rotatable bonds is 3. The van der Waals surface area contributed by atoms with Gasteiger partial charge in [0.1, 0.15) is 0 Å². The van der Waals surface area contributed by atoms with Crippen LogP contribution in [0.25, 0.3) is 0 Å². The number of nitrogens with zero attached hydrogens (tertiary/aromatic N) is 1. The third-order valence-electron chi connectivity index (χ3n) is 1.52. The Bertz CT molecular complexity index is 296. The number of nitrogens with two attached hydrogens (primary N) is 1. The SMILES string of the molecule is Cc1sc(N)nc1C(C=N)C=N. The second kappa shape index (κ2) is 3.44. The van der Waals surface area contributed by atoms with Crippen molar-refractivity contribution in [3.05, 3.63) is 10.6 Å². The van der Waals surface area contributed by atoms with E-state index in [-0.39, 0.29) is 5.92 Å². The molecule has 0 aliphatic rings. The van der Waals surface area contributed by atoms with Crippen LogP contribution < -0.4 is 5.73 Å². The summed E-state index contributed by atoms with van der Waals surface area (Å²) in [5, 5.41) is 14.6. The van der Waals surface area contributed by atoms with Crippen LogP contribution in [0.4, 0.5) is 5.13 Å². The van der Waals surface area contributed by atoms with Crippen LogP contribution in [-0.2, 0) is 0 Å². The van der Waals surface area contributed by atoms with Gasteiger partial charge in [-0.3, -0.25) is 0 Å². The number of nitrogen functional groups attached to an aromatic ring is 1. The first kappa shape index (κ1) is 8.86. The highest BCUT2D eigenvalue weighted by molar-refractivity contribution is 7.15. The average molecular weight is 182 g/mol. The van der Waals surface area contributed by atoms with Gasteiger partial charge < -0.3 is 16.6 Å². The molecule has 1 aromatic heterocycles. The molecule has 0 atom stereocenters. The highest BCUT2D eigenvalue weighted by Crippen LogP contribution is 2.23. The van der Waals surface area contributed by atoms with Crippen LogP contribution in [0.2, 0.25) is 0 Å². The summed E-state index contributed by atoms with van der Waals surface area (Å²) in [5.74, 6) is -0.321. The quantitative estimate of drug-likeness (QED) is 0.617. The van der Waals surface area contributed by atoms with E-state index in [4.69, 9.17) is 16.6 Å². The largest absolute Gasteiger partial charge is 0.375 e.